The molecular weight excluding hydrogens is 752 g/mol. The third-order valence-electron chi connectivity index (χ3n) is 11.4. The van der Waals surface area contributed by atoms with Gasteiger partial charge in [0.1, 0.15) is 35.9 Å². The van der Waals surface area contributed by atoms with Crippen LogP contribution in [-0.4, -0.2) is 165 Å². The summed E-state index contributed by atoms with van der Waals surface area (Å²) >= 11 is 0. The van der Waals surface area contributed by atoms with Gasteiger partial charge in [0, 0.05) is 12.0 Å². The molecule has 2 aromatic carbocycles. The van der Waals surface area contributed by atoms with Crippen molar-refractivity contribution in [1.82, 2.24) is 0 Å². The number of hydrogen-bond donors (Lipinski definition) is 12. The lowest BCUT2D eigenvalue weighted by Gasteiger charge is -2.72. The summed E-state index contributed by atoms with van der Waals surface area (Å²) in [7, 11) is 0. The highest BCUT2D eigenvalue weighted by Crippen LogP contribution is 2.77. The van der Waals surface area contributed by atoms with Gasteiger partial charge in [-0.05, 0) is 18.2 Å². The molecule has 296 valence electrons. The van der Waals surface area contributed by atoms with Crippen molar-refractivity contribution >= 4 is 17.9 Å². The zero-order valence-corrected chi connectivity index (χ0v) is 27.4. The number of phenolic OH excluding ortho intramolecular Hbond substituents is 5. The monoisotopic (exact) mass is 782 g/mol. The van der Waals surface area contributed by atoms with Crippen molar-refractivity contribution in [2.24, 2.45) is 5.41 Å². The molecule has 8 heterocycles. The molecule has 23 nitrogen and oxygen atoms in total. The number of hydrogen-bond acceptors (Lipinski definition) is 23. The average Bonchev–Trinajstić information content (AvgIpc) is 3.61. The van der Waals surface area contributed by atoms with E-state index in [2.05, 4.69) is 0 Å². The van der Waals surface area contributed by atoms with E-state index in [0.717, 1.165) is 0 Å². The lowest BCUT2D eigenvalue weighted by molar-refractivity contribution is -0.611. The van der Waals surface area contributed by atoms with Crippen LogP contribution < -0.4 is 4.74 Å². The number of carbonyl (C=O) groups is 3. The zero-order valence-electron chi connectivity index (χ0n) is 27.4. The standard InChI is InChI=1S/C32H30O23/c33-4-13-18-17(40)20(25(49-13)52-23(42)7-1-9(34)15(38)10(35)2-7)50-24(43)8-3-11(36)16(39)19-14(8)21-28(27(44)51-18)6-29(45)32(47,31(21,46)53-19)54-26(28)30(55-29)22(41)12(37)5-48-30/h1-3,12-13,17-18,20-22,25-26,33-41,45-47H,4-6H2/t12-,13-,17+,18-,20-,21-,22-,25+,26-,28-,29-,30-,31-,32-/m1/s1. The van der Waals surface area contributed by atoms with Crippen LogP contribution in [0.15, 0.2) is 18.2 Å². The molecule has 6 bridgehead atoms. The minimum Gasteiger partial charge on any atom is -0.504 e. The van der Waals surface area contributed by atoms with Crippen LogP contribution in [0.4, 0.5) is 0 Å². The number of fused-ring (bicyclic) bond motifs is 2. The molecule has 7 fully saturated rings. The third-order valence-corrected chi connectivity index (χ3v) is 11.4. The van der Waals surface area contributed by atoms with Crippen LogP contribution in [0.5, 0.6) is 34.5 Å². The summed E-state index contributed by atoms with van der Waals surface area (Å²) in [6.07, 6.45) is -17.9. The normalized spacial score (nSPS) is 44.7. The van der Waals surface area contributed by atoms with Crippen molar-refractivity contribution in [1.29, 1.82) is 0 Å². The molecule has 8 aliphatic heterocycles. The van der Waals surface area contributed by atoms with E-state index in [9.17, 15) is 75.7 Å². The number of ether oxygens (including phenoxy) is 8. The van der Waals surface area contributed by atoms with Gasteiger partial charge in [-0.2, -0.15) is 0 Å². The van der Waals surface area contributed by atoms with Crippen molar-refractivity contribution in [2.45, 2.75) is 84.5 Å². The van der Waals surface area contributed by atoms with Crippen LogP contribution in [0.2, 0.25) is 0 Å². The molecule has 0 unspecified atom stereocenters. The van der Waals surface area contributed by atoms with Crippen LogP contribution in [0, 0.1) is 5.41 Å². The van der Waals surface area contributed by atoms with Gasteiger partial charge in [-0.3, -0.25) is 4.79 Å². The van der Waals surface area contributed by atoms with Crippen molar-refractivity contribution in [3.05, 3.63) is 34.9 Å². The van der Waals surface area contributed by atoms with Crippen molar-refractivity contribution in [3.63, 3.8) is 0 Å². The molecule has 1 saturated carbocycles. The van der Waals surface area contributed by atoms with Crippen LogP contribution in [0.3, 0.4) is 0 Å². The van der Waals surface area contributed by atoms with Gasteiger partial charge in [0.15, 0.2) is 41.0 Å². The van der Waals surface area contributed by atoms with Crippen LogP contribution >= 0.6 is 0 Å². The summed E-state index contributed by atoms with van der Waals surface area (Å²) in [6, 6.07) is 1.94. The van der Waals surface area contributed by atoms with Gasteiger partial charge in [0.2, 0.25) is 23.6 Å². The summed E-state index contributed by atoms with van der Waals surface area (Å²) in [5, 5.41) is 131. The Bertz CT molecular complexity index is 2050. The van der Waals surface area contributed by atoms with E-state index in [0.29, 0.717) is 18.2 Å². The number of aliphatic hydroxyl groups is 7. The molecule has 14 atom stereocenters. The summed E-state index contributed by atoms with van der Waals surface area (Å²) in [5.74, 6) is -26.0. The summed E-state index contributed by atoms with van der Waals surface area (Å²) in [4.78, 5) is 42.4. The molecule has 0 radical (unpaired) electrons. The van der Waals surface area contributed by atoms with Gasteiger partial charge >= 0.3 is 17.9 Å². The second kappa shape index (κ2) is 10.9. The maximum atomic E-state index is 15.0. The minimum absolute atomic E-state index is 0.590. The van der Waals surface area contributed by atoms with Gasteiger partial charge in [0.05, 0.1) is 30.3 Å². The first-order valence-electron chi connectivity index (χ1n) is 16.4. The van der Waals surface area contributed by atoms with Crippen molar-refractivity contribution in [3.8, 4) is 34.5 Å². The number of esters is 3. The van der Waals surface area contributed by atoms with Gasteiger partial charge in [-0.25, -0.2) is 9.59 Å². The highest BCUT2D eigenvalue weighted by Gasteiger charge is 2.95. The van der Waals surface area contributed by atoms with E-state index >= 15 is 0 Å². The molecule has 6 saturated heterocycles. The largest absolute Gasteiger partial charge is 0.504 e. The predicted octanol–water partition coefficient (Wildman–Crippen LogP) is -4.59. The molecule has 23 heteroatoms. The maximum absolute atomic E-state index is 15.0. The highest BCUT2D eigenvalue weighted by atomic mass is 16.9. The fraction of sp³-hybridized carbons (Fsp3) is 0.531. The summed E-state index contributed by atoms with van der Waals surface area (Å²) < 4.78 is 44.9. The average molecular weight is 783 g/mol. The molecule has 0 aromatic heterocycles. The molecule has 2 aromatic rings. The smallest absolute Gasteiger partial charge is 0.340 e. The molecule has 0 amide bonds. The lowest BCUT2D eigenvalue weighted by atomic mass is 9.49. The first-order chi connectivity index (χ1) is 25.8. The first-order valence-corrected chi connectivity index (χ1v) is 16.4. The summed E-state index contributed by atoms with van der Waals surface area (Å²) in [6.45, 7) is -1.81. The molecule has 2 spiro atoms. The van der Waals surface area contributed by atoms with E-state index in [4.69, 9.17) is 37.9 Å². The molecule has 55 heavy (non-hydrogen) atoms. The van der Waals surface area contributed by atoms with Gasteiger partial charge in [0.25, 0.3) is 11.6 Å². The topological polar surface area (TPSA) is 368 Å². The third kappa shape index (κ3) is 4.12. The van der Waals surface area contributed by atoms with Gasteiger partial charge in [-0.15, -0.1) is 0 Å². The Morgan fingerprint density at radius 2 is 1.58 bits per heavy atom. The van der Waals surface area contributed by atoms with Crippen LogP contribution in [0.1, 0.15) is 38.6 Å². The first kappa shape index (κ1) is 35.9. The molecule has 9 aliphatic rings. The van der Waals surface area contributed by atoms with E-state index in [1.54, 1.807) is 0 Å². The SMILES string of the molecule is O=C(O[C@@H]1O[C@H](CO)[C@H]2OC(=O)[C@@]34C[C@@]5(O)O[C@@]6(OC[C@@H](O)[C@H]6O)[C@@H]3O[C@@]5(O)[C@]3(O)Oc5c(O)c(O)cc(c5[C@H]43)C(=O)O[C@@H]1[C@H]2O)c1cc(O)c(O)c(O)c1. The molecule has 11 rings (SSSR count). The number of rotatable bonds is 3. The Labute approximate surface area is 304 Å². The number of phenols is 5. The van der Waals surface area contributed by atoms with Gasteiger partial charge < -0.3 is 99.2 Å². The van der Waals surface area contributed by atoms with E-state index in [1.807, 2.05) is 0 Å². The fourth-order valence-corrected chi connectivity index (χ4v) is 8.95. The van der Waals surface area contributed by atoms with E-state index < -0.39 is 172 Å². The van der Waals surface area contributed by atoms with E-state index in [-0.39, 0.29) is 0 Å². The quantitative estimate of drug-likeness (QED) is 0.0792. The van der Waals surface area contributed by atoms with E-state index in [1.165, 1.54) is 0 Å². The predicted molar refractivity (Wildman–Crippen MR) is 159 cm³/mol. The molecule has 12 N–H and O–H groups in total. The number of aliphatic hydroxyl groups excluding tert-OH is 4. The molecule has 1 aliphatic carbocycles. The second-order valence-electron chi connectivity index (χ2n) is 14.3. The molecular formula is C32H30O23. The fourth-order valence-electron chi connectivity index (χ4n) is 8.95. The minimum atomic E-state index is -3.48. The zero-order chi connectivity index (χ0) is 39.5. The highest BCUT2D eigenvalue weighted by molar-refractivity contribution is 5.96. The number of carbonyl (C=O) groups excluding carboxylic acids is 3. The lowest BCUT2D eigenvalue weighted by Crippen LogP contribution is -2.93. The number of aromatic hydroxyl groups is 5. The van der Waals surface area contributed by atoms with Crippen LogP contribution in [-0.2, 0) is 38.0 Å². The Balaban J connectivity index is 1.23. The van der Waals surface area contributed by atoms with Crippen molar-refractivity contribution < 1.29 is 114 Å². The Morgan fingerprint density at radius 1 is 0.909 bits per heavy atom. The Kier molecular flexibility index (Phi) is 7.14. The number of benzene rings is 2. The summed E-state index contributed by atoms with van der Waals surface area (Å²) in [5.41, 5.74) is -4.92. The van der Waals surface area contributed by atoms with Gasteiger partial charge in [-0.1, -0.05) is 0 Å². The Morgan fingerprint density at radius 3 is 2.20 bits per heavy atom. The van der Waals surface area contributed by atoms with Crippen LogP contribution in [0.25, 0.3) is 0 Å². The Hall–Kier alpha value is -4.79. The maximum Gasteiger partial charge on any atom is 0.340 e. The second-order valence-corrected chi connectivity index (χ2v) is 14.3. The van der Waals surface area contributed by atoms with Crippen molar-refractivity contribution in [2.75, 3.05) is 13.2 Å².